The van der Waals surface area contributed by atoms with Crippen LogP contribution >= 0.6 is 0 Å². The molecule has 3 nitrogen and oxygen atoms in total. The minimum Gasteiger partial charge on any atom is -0.398 e. The molecule has 0 radical (unpaired) electrons. The Morgan fingerprint density at radius 2 is 1.75 bits per heavy atom. The number of nitrogens with one attached hydrogen (secondary N) is 1. The Morgan fingerprint density at radius 3 is 2.40 bits per heavy atom. The highest BCUT2D eigenvalue weighted by atomic mass is 19.2. The Labute approximate surface area is 115 Å². The molecule has 20 heavy (non-hydrogen) atoms. The molecule has 0 aromatic heterocycles. The van der Waals surface area contributed by atoms with Crippen LogP contribution in [0.5, 0.6) is 0 Å². The molecule has 0 heterocycles. The number of rotatable bonds is 2. The fourth-order valence-electron chi connectivity index (χ4n) is 1.90. The van der Waals surface area contributed by atoms with Gasteiger partial charge in [-0.2, -0.15) is 0 Å². The lowest BCUT2D eigenvalue weighted by molar-refractivity contribution is 0.102. The molecule has 0 unspecified atom stereocenters. The van der Waals surface area contributed by atoms with Crippen molar-refractivity contribution in [2.45, 2.75) is 13.8 Å². The van der Waals surface area contributed by atoms with Crippen LogP contribution in [-0.2, 0) is 0 Å². The topological polar surface area (TPSA) is 55.1 Å². The number of halogens is 2. The lowest BCUT2D eigenvalue weighted by atomic mass is 10.1. The van der Waals surface area contributed by atoms with Crippen LogP contribution in [0.15, 0.2) is 30.3 Å². The first-order valence-corrected chi connectivity index (χ1v) is 6.01. The van der Waals surface area contributed by atoms with Gasteiger partial charge in [-0.25, -0.2) is 8.78 Å². The highest BCUT2D eigenvalue weighted by Crippen LogP contribution is 2.21. The van der Waals surface area contributed by atoms with Gasteiger partial charge in [-0.1, -0.05) is 17.7 Å². The molecule has 104 valence electrons. The molecule has 2 rings (SSSR count). The Kier molecular flexibility index (Phi) is 3.70. The van der Waals surface area contributed by atoms with Crippen molar-refractivity contribution >= 4 is 17.3 Å². The van der Waals surface area contributed by atoms with E-state index in [1.54, 1.807) is 6.07 Å². The second-order valence-corrected chi connectivity index (χ2v) is 4.63. The fraction of sp³-hybridized carbons (Fsp3) is 0.133. The number of nitrogen functional groups attached to an aromatic ring is 1. The quantitative estimate of drug-likeness (QED) is 0.826. The average Bonchev–Trinajstić information content (AvgIpc) is 2.37. The SMILES string of the molecule is Cc1ccc(NC(=O)c2cc(F)c(F)cc2N)c(C)c1. The number of carbonyl (C=O) groups excluding carboxylic acids is 1. The summed E-state index contributed by atoms with van der Waals surface area (Å²) in [7, 11) is 0. The standard InChI is InChI=1S/C15H14F2N2O/c1-8-3-4-14(9(2)5-8)19-15(20)10-6-11(16)12(17)7-13(10)18/h3-7H,18H2,1-2H3,(H,19,20). The van der Waals surface area contributed by atoms with Crippen molar-refractivity contribution < 1.29 is 13.6 Å². The third kappa shape index (κ3) is 2.77. The number of aryl methyl sites for hydroxylation is 2. The zero-order valence-electron chi connectivity index (χ0n) is 11.1. The number of benzene rings is 2. The van der Waals surface area contributed by atoms with Crippen LogP contribution < -0.4 is 11.1 Å². The predicted octanol–water partition coefficient (Wildman–Crippen LogP) is 3.42. The largest absolute Gasteiger partial charge is 0.398 e. The molecule has 0 atom stereocenters. The van der Waals surface area contributed by atoms with E-state index in [4.69, 9.17) is 5.73 Å². The van der Waals surface area contributed by atoms with Gasteiger partial charge in [0, 0.05) is 17.4 Å². The van der Waals surface area contributed by atoms with Gasteiger partial charge in [0.2, 0.25) is 0 Å². The summed E-state index contributed by atoms with van der Waals surface area (Å²) in [5.74, 6) is -2.76. The third-order valence-corrected chi connectivity index (χ3v) is 2.97. The van der Waals surface area contributed by atoms with Crippen LogP contribution in [0.4, 0.5) is 20.2 Å². The summed E-state index contributed by atoms with van der Waals surface area (Å²) in [6.07, 6.45) is 0. The minimum absolute atomic E-state index is 0.0936. The summed E-state index contributed by atoms with van der Waals surface area (Å²) < 4.78 is 26.2. The summed E-state index contributed by atoms with van der Waals surface area (Å²) in [5, 5.41) is 2.63. The molecular formula is C15H14F2N2O. The van der Waals surface area contributed by atoms with Crippen LogP contribution in [0.25, 0.3) is 0 Å². The van der Waals surface area contributed by atoms with Gasteiger partial charge < -0.3 is 11.1 Å². The smallest absolute Gasteiger partial charge is 0.257 e. The number of amides is 1. The molecule has 0 aliphatic carbocycles. The van der Waals surface area contributed by atoms with Gasteiger partial charge in [-0.05, 0) is 31.5 Å². The minimum atomic E-state index is -1.11. The van der Waals surface area contributed by atoms with E-state index >= 15 is 0 Å². The maximum absolute atomic E-state index is 13.2. The van der Waals surface area contributed by atoms with Crippen molar-refractivity contribution in [3.8, 4) is 0 Å². The first kappa shape index (κ1) is 14.0. The maximum atomic E-state index is 13.2. The van der Waals surface area contributed by atoms with E-state index in [0.717, 1.165) is 23.3 Å². The highest BCUT2D eigenvalue weighted by molar-refractivity contribution is 6.08. The van der Waals surface area contributed by atoms with Crippen molar-refractivity contribution in [3.63, 3.8) is 0 Å². The molecule has 0 bridgehead atoms. The van der Waals surface area contributed by atoms with Crippen molar-refractivity contribution in [1.29, 1.82) is 0 Å². The van der Waals surface area contributed by atoms with E-state index in [1.807, 2.05) is 26.0 Å². The molecule has 0 saturated heterocycles. The van der Waals surface area contributed by atoms with Gasteiger partial charge in [0.15, 0.2) is 11.6 Å². The highest BCUT2D eigenvalue weighted by Gasteiger charge is 2.15. The number of hydrogen-bond donors (Lipinski definition) is 2. The van der Waals surface area contributed by atoms with E-state index in [9.17, 15) is 13.6 Å². The normalized spacial score (nSPS) is 10.4. The molecule has 0 spiro atoms. The molecule has 2 aromatic rings. The molecule has 1 amide bonds. The Bertz CT molecular complexity index is 684. The number of anilines is 2. The van der Waals surface area contributed by atoms with Crippen LogP contribution in [0.1, 0.15) is 21.5 Å². The number of nitrogens with two attached hydrogens (primary N) is 1. The molecule has 5 heteroatoms. The number of hydrogen-bond acceptors (Lipinski definition) is 2. The lowest BCUT2D eigenvalue weighted by Crippen LogP contribution is -2.15. The van der Waals surface area contributed by atoms with E-state index in [0.29, 0.717) is 5.69 Å². The zero-order valence-corrected chi connectivity index (χ0v) is 11.1. The third-order valence-electron chi connectivity index (χ3n) is 2.97. The van der Waals surface area contributed by atoms with E-state index < -0.39 is 17.5 Å². The lowest BCUT2D eigenvalue weighted by Gasteiger charge is -2.11. The zero-order chi connectivity index (χ0) is 14.9. The maximum Gasteiger partial charge on any atom is 0.257 e. The Hall–Kier alpha value is -2.43. The Balaban J connectivity index is 2.31. The first-order chi connectivity index (χ1) is 9.38. The molecule has 0 fully saturated rings. The van der Waals surface area contributed by atoms with Gasteiger partial charge >= 0.3 is 0 Å². The second kappa shape index (κ2) is 5.28. The summed E-state index contributed by atoms with van der Waals surface area (Å²) in [6, 6.07) is 7.09. The summed E-state index contributed by atoms with van der Waals surface area (Å²) in [4.78, 5) is 12.1. The molecule has 2 aromatic carbocycles. The summed E-state index contributed by atoms with van der Waals surface area (Å²) in [5.41, 5.74) is 7.88. The average molecular weight is 276 g/mol. The van der Waals surface area contributed by atoms with E-state index in [-0.39, 0.29) is 11.3 Å². The molecule has 0 aliphatic heterocycles. The van der Waals surface area contributed by atoms with Crippen LogP contribution in [0.2, 0.25) is 0 Å². The van der Waals surface area contributed by atoms with Crippen molar-refractivity contribution in [2.75, 3.05) is 11.1 Å². The van der Waals surface area contributed by atoms with Gasteiger partial charge in [0.25, 0.3) is 5.91 Å². The molecular weight excluding hydrogens is 262 g/mol. The van der Waals surface area contributed by atoms with Gasteiger partial charge in [0.05, 0.1) is 5.56 Å². The van der Waals surface area contributed by atoms with Gasteiger partial charge in [-0.15, -0.1) is 0 Å². The van der Waals surface area contributed by atoms with Crippen molar-refractivity contribution in [1.82, 2.24) is 0 Å². The summed E-state index contributed by atoms with van der Waals surface area (Å²) >= 11 is 0. The van der Waals surface area contributed by atoms with E-state index in [2.05, 4.69) is 5.32 Å². The van der Waals surface area contributed by atoms with Gasteiger partial charge in [-0.3, -0.25) is 4.79 Å². The predicted molar refractivity (Wildman–Crippen MR) is 74.6 cm³/mol. The Morgan fingerprint density at radius 1 is 1.10 bits per heavy atom. The van der Waals surface area contributed by atoms with Crippen molar-refractivity contribution in [3.05, 3.63) is 58.7 Å². The molecule has 0 aliphatic rings. The van der Waals surface area contributed by atoms with Crippen LogP contribution in [0, 0.1) is 25.5 Å². The fourth-order valence-corrected chi connectivity index (χ4v) is 1.90. The first-order valence-electron chi connectivity index (χ1n) is 6.01. The molecule has 0 saturated carbocycles. The molecule has 3 N–H and O–H groups in total. The van der Waals surface area contributed by atoms with Crippen LogP contribution in [-0.4, -0.2) is 5.91 Å². The van der Waals surface area contributed by atoms with Crippen LogP contribution in [0.3, 0.4) is 0 Å². The van der Waals surface area contributed by atoms with E-state index in [1.165, 1.54) is 0 Å². The van der Waals surface area contributed by atoms with Gasteiger partial charge in [0.1, 0.15) is 0 Å². The second-order valence-electron chi connectivity index (χ2n) is 4.63. The number of carbonyl (C=O) groups is 1. The summed E-state index contributed by atoms with van der Waals surface area (Å²) in [6.45, 7) is 3.78. The monoisotopic (exact) mass is 276 g/mol. The van der Waals surface area contributed by atoms with Crippen molar-refractivity contribution in [2.24, 2.45) is 0 Å².